The first-order chi connectivity index (χ1) is 12.7. The predicted molar refractivity (Wildman–Crippen MR) is 99.4 cm³/mol. The minimum absolute atomic E-state index is 0.189. The van der Waals surface area contributed by atoms with Crippen LogP contribution < -0.4 is 9.64 Å². The third kappa shape index (κ3) is 4.66. The van der Waals surface area contributed by atoms with Gasteiger partial charge in [0, 0.05) is 32.7 Å². The molecule has 6 heteroatoms. The van der Waals surface area contributed by atoms with Crippen molar-refractivity contribution in [3.63, 3.8) is 0 Å². The molecule has 1 atom stereocenters. The van der Waals surface area contributed by atoms with E-state index in [0.717, 1.165) is 31.9 Å². The first-order valence-corrected chi connectivity index (χ1v) is 8.72. The minimum Gasteiger partial charge on any atom is -0.508 e. The van der Waals surface area contributed by atoms with Gasteiger partial charge in [-0.2, -0.15) is 5.26 Å². The predicted octanol–water partition coefficient (Wildman–Crippen LogP) is 1.83. The Labute approximate surface area is 153 Å². The quantitative estimate of drug-likeness (QED) is 0.825. The number of aromatic hydroxyl groups is 1. The van der Waals surface area contributed by atoms with Crippen LogP contribution in [0.15, 0.2) is 48.5 Å². The smallest absolute Gasteiger partial charge is 0.119 e. The van der Waals surface area contributed by atoms with Crippen LogP contribution >= 0.6 is 0 Å². The van der Waals surface area contributed by atoms with Gasteiger partial charge in [0.2, 0.25) is 0 Å². The number of phenols is 1. The lowest BCUT2D eigenvalue weighted by molar-refractivity contribution is 0.0663. The van der Waals surface area contributed by atoms with Crippen molar-refractivity contribution in [2.45, 2.75) is 6.10 Å². The van der Waals surface area contributed by atoms with E-state index < -0.39 is 6.10 Å². The van der Waals surface area contributed by atoms with Crippen molar-refractivity contribution in [3.8, 4) is 17.6 Å². The van der Waals surface area contributed by atoms with Crippen molar-refractivity contribution in [2.75, 3.05) is 44.2 Å². The molecule has 0 amide bonds. The van der Waals surface area contributed by atoms with E-state index in [9.17, 15) is 15.5 Å². The first kappa shape index (κ1) is 18.1. The summed E-state index contributed by atoms with van der Waals surface area (Å²) >= 11 is 0. The van der Waals surface area contributed by atoms with Crippen molar-refractivity contribution >= 4 is 5.69 Å². The van der Waals surface area contributed by atoms with Crippen LogP contribution in [0.3, 0.4) is 0 Å². The SMILES string of the molecule is N#Cc1ccccc1N1CCN(C[C@H](O)COc2ccc(O)cc2)CC1. The third-order valence-corrected chi connectivity index (χ3v) is 4.49. The van der Waals surface area contributed by atoms with E-state index in [-0.39, 0.29) is 12.4 Å². The Morgan fingerprint density at radius 2 is 1.73 bits per heavy atom. The van der Waals surface area contributed by atoms with Gasteiger partial charge in [0.1, 0.15) is 30.3 Å². The maximum atomic E-state index is 10.2. The number of aliphatic hydroxyl groups excluding tert-OH is 1. The van der Waals surface area contributed by atoms with E-state index in [1.54, 1.807) is 24.3 Å². The first-order valence-electron chi connectivity index (χ1n) is 8.72. The van der Waals surface area contributed by atoms with E-state index in [4.69, 9.17) is 4.74 Å². The molecule has 1 aliphatic rings. The van der Waals surface area contributed by atoms with Crippen molar-refractivity contribution in [3.05, 3.63) is 54.1 Å². The van der Waals surface area contributed by atoms with Crippen LogP contribution in [0.4, 0.5) is 5.69 Å². The summed E-state index contributed by atoms with van der Waals surface area (Å²) in [6.07, 6.45) is -0.582. The van der Waals surface area contributed by atoms with E-state index in [2.05, 4.69) is 15.9 Å². The standard InChI is InChI=1S/C20H23N3O3/c21-13-16-3-1-2-4-20(16)23-11-9-22(10-12-23)14-18(25)15-26-19-7-5-17(24)6-8-19/h1-8,18,24-25H,9-12,14-15H2/t18-/m0/s1. The molecule has 26 heavy (non-hydrogen) atoms. The highest BCUT2D eigenvalue weighted by Crippen LogP contribution is 2.21. The summed E-state index contributed by atoms with van der Waals surface area (Å²) in [5, 5.41) is 28.7. The van der Waals surface area contributed by atoms with Crippen LogP contribution in [0.5, 0.6) is 11.5 Å². The van der Waals surface area contributed by atoms with Crippen LogP contribution in [-0.4, -0.2) is 60.5 Å². The number of hydrogen-bond acceptors (Lipinski definition) is 6. The number of phenolic OH excluding ortho intramolecular Hbond substituents is 1. The van der Waals surface area contributed by atoms with Crippen molar-refractivity contribution < 1.29 is 14.9 Å². The number of nitrogens with zero attached hydrogens (tertiary/aromatic N) is 3. The number of aliphatic hydroxyl groups is 1. The molecule has 0 spiro atoms. The Balaban J connectivity index is 1.45. The molecule has 0 aliphatic carbocycles. The topological polar surface area (TPSA) is 80.0 Å². The number of hydrogen-bond donors (Lipinski definition) is 2. The molecule has 1 heterocycles. The average molecular weight is 353 g/mol. The second kappa shape index (κ2) is 8.56. The van der Waals surface area contributed by atoms with Gasteiger partial charge in [-0.15, -0.1) is 0 Å². The largest absolute Gasteiger partial charge is 0.508 e. The molecule has 0 bridgehead atoms. The van der Waals surface area contributed by atoms with Gasteiger partial charge in [-0.05, 0) is 36.4 Å². The molecule has 2 aromatic rings. The zero-order valence-corrected chi connectivity index (χ0v) is 14.6. The van der Waals surface area contributed by atoms with Gasteiger partial charge >= 0.3 is 0 Å². The number of β-amino-alcohol motifs (C(OH)–C–C–N with tert-alkyl or cyclic N) is 1. The monoisotopic (exact) mass is 353 g/mol. The van der Waals surface area contributed by atoms with E-state index in [0.29, 0.717) is 17.9 Å². The molecular weight excluding hydrogens is 330 g/mol. The van der Waals surface area contributed by atoms with Gasteiger partial charge in [0.25, 0.3) is 0 Å². The van der Waals surface area contributed by atoms with Gasteiger partial charge in [-0.25, -0.2) is 0 Å². The van der Waals surface area contributed by atoms with E-state index in [1.807, 2.05) is 24.3 Å². The fourth-order valence-corrected chi connectivity index (χ4v) is 3.10. The normalized spacial score (nSPS) is 16.1. The molecule has 6 nitrogen and oxygen atoms in total. The van der Waals surface area contributed by atoms with Gasteiger partial charge in [0.05, 0.1) is 11.3 Å². The zero-order chi connectivity index (χ0) is 18.4. The lowest BCUT2D eigenvalue weighted by atomic mass is 10.1. The maximum absolute atomic E-state index is 10.2. The molecule has 3 rings (SSSR count). The Kier molecular flexibility index (Phi) is 5.95. The Hall–Kier alpha value is -2.75. The molecule has 1 aliphatic heterocycles. The average Bonchev–Trinajstić information content (AvgIpc) is 2.68. The van der Waals surface area contributed by atoms with Crippen LogP contribution in [0, 0.1) is 11.3 Å². The van der Waals surface area contributed by atoms with E-state index in [1.165, 1.54) is 0 Å². The van der Waals surface area contributed by atoms with Crippen molar-refractivity contribution in [1.29, 1.82) is 5.26 Å². The van der Waals surface area contributed by atoms with Crippen LogP contribution in [0.2, 0.25) is 0 Å². The van der Waals surface area contributed by atoms with Crippen molar-refractivity contribution in [1.82, 2.24) is 4.90 Å². The van der Waals surface area contributed by atoms with Crippen LogP contribution in [0.1, 0.15) is 5.56 Å². The number of nitriles is 1. The summed E-state index contributed by atoms with van der Waals surface area (Å²) in [5.74, 6) is 0.813. The summed E-state index contributed by atoms with van der Waals surface area (Å²) in [5.41, 5.74) is 1.68. The Morgan fingerprint density at radius 1 is 1.04 bits per heavy atom. The maximum Gasteiger partial charge on any atom is 0.119 e. The summed E-state index contributed by atoms with van der Waals surface area (Å²) in [7, 11) is 0. The Morgan fingerprint density at radius 3 is 2.42 bits per heavy atom. The van der Waals surface area contributed by atoms with Crippen LogP contribution in [-0.2, 0) is 0 Å². The third-order valence-electron chi connectivity index (χ3n) is 4.49. The highest BCUT2D eigenvalue weighted by molar-refractivity contribution is 5.59. The van der Waals surface area contributed by atoms with Gasteiger partial charge in [-0.1, -0.05) is 12.1 Å². The molecule has 1 fully saturated rings. The number of benzene rings is 2. The summed E-state index contributed by atoms with van der Waals surface area (Å²) in [6, 6.07) is 16.4. The summed E-state index contributed by atoms with van der Waals surface area (Å²) in [6.45, 7) is 4.06. The number of anilines is 1. The Bertz CT molecular complexity index is 750. The molecule has 0 unspecified atom stereocenters. The number of para-hydroxylation sites is 1. The minimum atomic E-state index is -0.582. The number of ether oxygens (including phenoxy) is 1. The molecular formula is C20H23N3O3. The van der Waals surface area contributed by atoms with Gasteiger partial charge < -0.3 is 19.8 Å². The van der Waals surface area contributed by atoms with Crippen LogP contribution in [0.25, 0.3) is 0 Å². The molecule has 0 saturated carbocycles. The molecule has 1 saturated heterocycles. The fraction of sp³-hybridized carbons (Fsp3) is 0.350. The van der Waals surface area contributed by atoms with E-state index >= 15 is 0 Å². The molecule has 136 valence electrons. The molecule has 2 aromatic carbocycles. The number of piperazine rings is 1. The fourth-order valence-electron chi connectivity index (χ4n) is 3.10. The highest BCUT2D eigenvalue weighted by Gasteiger charge is 2.21. The number of rotatable bonds is 6. The second-order valence-corrected chi connectivity index (χ2v) is 6.38. The summed E-state index contributed by atoms with van der Waals surface area (Å²) < 4.78 is 5.55. The van der Waals surface area contributed by atoms with Gasteiger partial charge in [-0.3, -0.25) is 4.90 Å². The lowest BCUT2D eigenvalue weighted by Gasteiger charge is -2.37. The molecule has 0 aromatic heterocycles. The second-order valence-electron chi connectivity index (χ2n) is 6.38. The summed E-state index contributed by atoms with van der Waals surface area (Å²) in [4.78, 5) is 4.42. The lowest BCUT2D eigenvalue weighted by Crippen LogP contribution is -2.49. The van der Waals surface area contributed by atoms with Gasteiger partial charge in [0.15, 0.2) is 0 Å². The zero-order valence-electron chi connectivity index (χ0n) is 14.6. The van der Waals surface area contributed by atoms with Crippen molar-refractivity contribution in [2.24, 2.45) is 0 Å². The highest BCUT2D eigenvalue weighted by atomic mass is 16.5. The molecule has 0 radical (unpaired) electrons. The molecule has 2 N–H and O–H groups in total.